The van der Waals surface area contributed by atoms with Gasteiger partial charge < -0.3 is 10.6 Å². The predicted octanol–water partition coefficient (Wildman–Crippen LogP) is 4.47. The van der Waals surface area contributed by atoms with E-state index in [9.17, 15) is 22.8 Å². The third-order valence-corrected chi connectivity index (χ3v) is 5.15. The molecule has 1 heterocycles. The summed E-state index contributed by atoms with van der Waals surface area (Å²) in [5.41, 5.74) is -0.00762. The maximum atomic E-state index is 12.5. The van der Waals surface area contributed by atoms with E-state index < -0.39 is 17.6 Å². The fourth-order valence-corrected chi connectivity index (χ4v) is 3.67. The number of hydrogen-bond acceptors (Lipinski definition) is 4. The molecular weight excluding hydrogens is 379 g/mol. The van der Waals surface area contributed by atoms with Crippen molar-refractivity contribution in [1.29, 1.82) is 0 Å². The molecule has 27 heavy (non-hydrogen) atoms. The summed E-state index contributed by atoms with van der Waals surface area (Å²) in [6.07, 6.45) is -0.546. The Bertz CT molecular complexity index is 812. The summed E-state index contributed by atoms with van der Waals surface area (Å²) in [5, 5.41) is 7.44. The average Bonchev–Trinajstić information content (AvgIpc) is 3.26. The van der Waals surface area contributed by atoms with Crippen molar-refractivity contribution in [3.63, 3.8) is 0 Å². The van der Waals surface area contributed by atoms with Crippen molar-refractivity contribution in [1.82, 2.24) is 4.98 Å². The molecule has 1 aliphatic rings. The maximum absolute atomic E-state index is 12.5. The zero-order chi connectivity index (χ0) is 19.4. The molecule has 144 valence electrons. The Labute approximate surface area is 158 Å². The van der Waals surface area contributed by atoms with Gasteiger partial charge in [0.1, 0.15) is 0 Å². The molecule has 0 unspecified atom stereocenters. The van der Waals surface area contributed by atoms with Crippen LogP contribution in [0.3, 0.4) is 0 Å². The molecule has 0 aliphatic heterocycles. The second-order valence-corrected chi connectivity index (χ2v) is 7.27. The van der Waals surface area contributed by atoms with Crippen LogP contribution >= 0.6 is 11.3 Å². The monoisotopic (exact) mass is 397 g/mol. The molecule has 9 heteroatoms. The van der Waals surface area contributed by atoms with E-state index in [1.54, 1.807) is 5.38 Å². The summed E-state index contributed by atoms with van der Waals surface area (Å²) >= 11 is 1.24. The van der Waals surface area contributed by atoms with Crippen LogP contribution in [0, 0.1) is 5.92 Å². The molecule has 1 aliphatic carbocycles. The van der Waals surface area contributed by atoms with Gasteiger partial charge in [-0.2, -0.15) is 13.2 Å². The molecule has 2 amide bonds. The molecule has 0 bridgehead atoms. The number of halogens is 3. The van der Waals surface area contributed by atoms with E-state index in [1.807, 2.05) is 0 Å². The second kappa shape index (κ2) is 8.08. The summed E-state index contributed by atoms with van der Waals surface area (Å²) in [4.78, 5) is 28.4. The molecule has 0 spiro atoms. The molecule has 0 atom stereocenters. The SMILES string of the molecule is O=C(Cc1csc(NC(=O)C2CCCC2)n1)Nc1ccc(C(F)(F)F)cc1. The van der Waals surface area contributed by atoms with Gasteiger partial charge in [-0.3, -0.25) is 9.59 Å². The van der Waals surface area contributed by atoms with Gasteiger partial charge >= 0.3 is 6.18 Å². The summed E-state index contributed by atoms with van der Waals surface area (Å²) in [6.45, 7) is 0. The van der Waals surface area contributed by atoms with Gasteiger partial charge in [0.2, 0.25) is 11.8 Å². The molecule has 2 aromatic rings. The van der Waals surface area contributed by atoms with E-state index in [0.29, 0.717) is 10.8 Å². The standard InChI is InChI=1S/C18H18F3N3O2S/c19-18(20,21)12-5-7-13(8-6-12)22-15(25)9-14-10-27-17(23-14)24-16(26)11-3-1-2-4-11/h5-8,10-11H,1-4,9H2,(H,22,25)(H,23,24,26). The van der Waals surface area contributed by atoms with Gasteiger partial charge in [-0.15, -0.1) is 11.3 Å². The van der Waals surface area contributed by atoms with E-state index in [0.717, 1.165) is 37.8 Å². The lowest BCUT2D eigenvalue weighted by Gasteiger charge is -2.08. The highest BCUT2D eigenvalue weighted by atomic mass is 32.1. The first-order chi connectivity index (χ1) is 12.8. The molecule has 1 fully saturated rings. The van der Waals surface area contributed by atoms with E-state index in [1.165, 1.54) is 23.5 Å². The number of anilines is 2. The first-order valence-electron chi connectivity index (χ1n) is 8.53. The Hall–Kier alpha value is -2.42. The number of alkyl halides is 3. The first kappa shape index (κ1) is 19.3. The molecule has 1 aromatic heterocycles. The minimum atomic E-state index is -4.41. The molecule has 1 aromatic carbocycles. The Morgan fingerprint density at radius 1 is 1.11 bits per heavy atom. The van der Waals surface area contributed by atoms with E-state index in [-0.39, 0.29) is 23.9 Å². The van der Waals surface area contributed by atoms with Gasteiger partial charge in [-0.25, -0.2) is 4.98 Å². The fraction of sp³-hybridized carbons (Fsp3) is 0.389. The minimum Gasteiger partial charge on any atom is -0.326 e. The van der Waals surface area contributed by atoms with Crippen molar-refractivity contribution in [3.8, 4) is 0 Å². The fourth-order valence-electron chi connectivity index (χ4n) is 2.95. The van der Waals surface area contributed by atoms with Crippen molar-refractivity contribution in [2.75, 3.05) is 10.6 Å². The number of benzene rings is 1. The first-order valence-corrected chi connectivity index (χ1v) is 9.41. The number of carbonyl (C=O) groups excluding carboxylic acids is 2. The number of nitrogens with one attached hydrogen (secondary N) is 2. The van der Waals surface area contributed by atoms with Crippen molar-refractivity contribution in [2.45, 2.75) is 38.3 Å². The third kappa shape index (κ3) is 5.29. The van der Waals surface area contributed by atoms with Gasteiger partial charge in [-0.05, 0) is 37.1 Å². The van der Waals surface area contributed by atoms with Crippen molar-refractivity contribution >= 4 is 34.0 Å². The highest BCUT2D eigenvalue weighted by Gasteiger charge is 2.30. The van der Waals surface area contributed by atoms with E-state index in [2.05, 4.69) is 15.6 Å². The van der Waals surface area contributed by atoms with Crippen LogP contribution in [0.4, 0.5) is 24.0 Å². The number of hydrogen-bond donors (Lipinski definition) is 2. The van der Waals surface area contributed by atoms with Crippen LogP contribution < -0.4 is 10.6 Å². The number of amides is 2. The lowest BCUT2D eigenvalue weighted by molar-refractivity contribution is -0.137. The highest BCUT2D eigenvalue weighted by molar-refractivity contribution is 7.13. The summed E-state index contributed by atoms with van der Waals surface area (Å²) in [7, 11) is 0. The summed E-state index contributed by atoms with van der Waals surface area (Å²) in [5.74, 6) is -0.406. The number of aromatic nitrogens is 1. The van der Waals surface area contributed by atoms with Crippen molar-refractivity contribution < 1.29 is 22.8 Å². The van der Waals surface area contributed by atoms with Gasteiger partial charge in [0.05, 0.1) is 17.7 Å². The maximum Gasteiger partial charge on any atom is 0.416 e. The molecule has 0 radical (unpaired) electrons. The normalized spacial score (nSPS) is 14.9. The van der Waals surface area contributed by atoms with Crippen molar-refractivity contribution in [3.05, 3.63) is 40.9 Å². The minimum absolute atomic E-state index is 0.0281. The Morgan fingerprint density at radius 2 is 1.78 bits per heavy atom. The summed E-state index contributed by atoms with van der Waals surface area (Å²) in [6, 6.07) is 4.23. The number of carbonyl (C=O) groups is 2. The van der Waals surface area contributed by atoms with Gasteiger partial charge in [0.15, 0.2) is 5.13 Å². The van der Waals surface area contributed by atoms with Crippen LogP contribution in [0.25, 0.3) is 0 Å². The van der Waals surface area contributed by atoms with Gasteiger partial charge in [0, 0.05) is 17.0 Å². The quantitative estimate of drug-likeness (QED) is 0.782. The number of rotatable bonds is 5. The van der Waals surface area contributed by atoms with Crippen LogP contribution in [-0.4, -0.2) is 16.8 Å². The molecule has 5 nitrogen and oxygen atoms in total. The van der Waals surface area contributed by atoms with Gasteiger partial charge in [0.25, 0.3) is 0 Å². The smallest absolute Gasteiger partial charge is 0.326 e. The predicted molar refractivity (Wildman–Crippen MR) is 96.5 cm³/mol. The molecular formula is C18H18F3N3O2S. The molecule has 3 rings (SSSR count). The molecule has 0 saturated heterocycles. The van der Waals surface area contributed by atoms with Crippen LogP contribution in [-0.2, 0) is 22.2 Å². The van der Waals surface area contributed by atoms with Crippen LogP contribution in [0.2, 0.25) is 0 Å². The van der Waals surface area contributed by atoms with E-state index >= 15 is 0 Å². The van der Waals surface area contributed by atoms with Gasteiger partial charge in [-0.1, -0.05) is 12.8 Å². The van der Waals surface area contributed by atoms with Crippen molar-refractivity contribution in [2.24, 2.45) is 5.92 Å². The molecule has 2 N–H and O–H groups in total. The lowest BCUT2D eigenvalue weighted by Crippen LogP contribution is -2.20. The zero-order valence-electron chi connectivity index (χ0n) is 14.3. The largest absolute Gasteiger partial charge is 0.416 e. The van der Waals surface area contributed by atoms with Crippen LogP contribution in [0.1, 0.15) is 36.9 Å². The zero-order valence-corrected chi connectivity index (χ0v) is 15.1. The molecule has 1 saturated carbocycles. The topological polar surface area (TPSA) is 71.1 Å². The Kier molecular flexibility index (Phi) is 5.79. The Morgan fingerprint density at radius 3 is 2.41 bits per heavy atom. The highest BCUT2D eigenvalue weighted by Crippen LogP contribution is 2.30. The number of thiazole rings is 1. The third-order valence-electron chi connectivity index (χ3n) is 4.35. The van der Waals surface area contributed by atoms with Crippen LogP contribution in [0.5, 0.6) is 0 Å². The second-order valence-electron chi connectivity index (χ2n) is 6.41. The number of nitrogens with zero attached hydrogens (tertiary/aromatic N) is 1. The Balaban J connectivity index is 1.52. The summed E-state index contributed by atoms with van der Waals surface area (Å²) < 4.78 is 37.6. The lowest BCUT2D eigenvalue weighted by atomic mass is 10.1. The average molecular weight is 397 g/mol. The van der Waals surface area contributed by atoms with E-state index in [4.69, 9.17) is 0 Å². The van der Waals surface area contributed by atoms with Crippen LogP contribution in [0.15, 0.2) is 29.6 Å².